The lowest BCUT2D eigenvalue weighted by Crippen LogP contribution is -2.34. The molecule has 0 bridgehead atoms. The minimum Gasteiger partial charge on any atom is -0.399 e. The Morgan fingerprint density at radius 1 is 1.28 bits per heavy atom. The summed E-state index contributed by atoms with van der Waals surface area (Å²) in [5.74, 6) is 0. The van der Waals surface area contributed by atoms with E-state index in [4.69, 9.17) is 5.73 Å². The molecule has 0 saturated heterocycles. The predicted octanol–water partition coefficient (Wildman–Crippen LogP) is 2.14. The molecule has 1 unspecified atom stereocenters. The summed E-state index contributed by atoms with van der Waals surface area (Å²) in [4.78, 5) is 4.49. The number of rotatable bonds is 5. The van der Waals surface area contributed by atoms with Gasteiger partial charge in [-0.3, -0.25) is 0 Å². The average Bonchev–Trinajstić information content (AvgIpc) is 2.77. The summed E-state index contributed by atoms with van der Waals surface area (Å²) in [6.45, 7) is 4.19. The Hall–Kier alpha value is -1.84. The van der Waals surface area contributed by atoms with Crippen LogP contribution in [0.1, 0.15) is 13.3 Å². The first kappa shape index (κ1) is 12.6. The topological polar surface area (TPSA) is 44.5 Å². The molecule has 1 atom stereocenters. The summed E-state index contributed by atoms with van der Waals surface area (Å²) in [6.07, 6.45) is 5.35. The third-order valence-electron chi connectivity index (χ3n) is 3.17. The molecule has 1 heterocycles. The Labute approximate surface area is 109 Å². The number of anilines is 2. The Kier molecular flexibility index (Phi) is 3.97. The summed E-state index contributed by atoms with van der Waals surface area (Å²) < 4.78 is 0. The Balaban J connectivity index is 1.89. The summed E-state index contributed by atoms with van der Waals surface area (Å²) in [7, 11) is 2.09. The molecular weight excluding hydrogens is 224 g/mol. The third-order valence-corrected chi connectivity index (χ3v) is 3.17. The SMILES string of the molecule is CCC(CN1C=CN(C)C1)Nc1ccc(N)cc1. The molecule has 0 radical (unpaired) electrons. The summed E-state index contributed by atoms with van der Waals surface area (Å²) in [5.41, 5.74) is 7.62. The van der Waals surface area contributed by atoms with Crippen LogP contribution in [0.2, 0.25) is 0 Å². The number of nitrogens with one attached hydrogen (secondary N) is 1. The van der Waals surface area contributed by atoms with E-state index < -0.39 is 0 Å². The van der Waals surface area contributed by atoms with E-state index in [0.717, 1.165) is 31.0 Å². The van der Waals surface area contributed by atoms with Crippen molar-refractivity contribution in [3.05, 3.63) is 36.7 Å². The maximum absolute atomic E-state index is 5.69. The molecule has 3 N–H and O–H groups in total. The van der Waals surface area contributed by atoms with Crippen molar-refractivity contribution in [1.29, 1.82) is 0 Å². The van der Waals surface area contributed by atoms with E-state index in [9.17, 15) is 0 Å². The van der Waals surface area contributed by atoms with Gasteiger partial charge in [0, 0.05) is 43.4 Å². The van der Waals surface area contributed by atoms with Gasteiger partial charge in [-0.15, -0.1) is 0 Å². The second kappa shape index (κ2) is 5.67. The molecule has 4 heteroatoms. The first-order chi connectivity index (χ1) is 8.67. The van der Waals surface area contributed by atoms with Crippen molar-refractivity contribution in [2.24, 2.45) is 0 Å². The lowest BCUT2D eigenvalue weighted by molar-refractivity contribution is 0.285. The van der Waals surface area contributed by atoms with E-state index >= 15 is 0 Å². The quantitative estimate of drug-likeness (QED) is 0.781. The van der Waals surface area contributed by atoms with Gasteiger partial charge < -0.3 is 20.9 Å². The molecule has 1 aliphatic rings. The van der Waals surface area contributed by atoms with E-state index in [1.165, 1.54) is 0 Å². The normalized spacial score (nSPS) is 16.1. The number of nitrogens with two attached hydrogens (primary N) is 1. The van der Waals surface area contributed by atoms with Gasteiger partial charge in [0.05, 0.1) is 6.67 Å². The minimum atomic E-state index is 0.449. The van der Waals surface area contributed by atoms with Crippen molar-refractivity contribution in [3.8, 4) is 0 Å². The molecule has 0 amide bonds. The van der Waals surface area contributed by atoms with Gasteiger partial charge in [0.1, 0.15) is 0 Å². The van der Waals surface area contributed by atoms with Crippen LogP contribution in [0.15, 0.2) is 36.7 Å². The van der Waals surface area contributed by atoms with E-state index in [0.29, 0.717) is 6.04 Å². The summed E-state index contributed by atoms with van der Waals surface area (Å²) in [5, 5.41) is 3.55. The highest BCUT2D eigenvalue weighted by atomic mass is 15.3. The maximum atomic E-state index is 5.69. The Morgan fingerprint density at radius 2 is 2.00 bits per heavy atom. The zero-order chi connectivity index (χ0) is 13.0. The molecule has 0 aliphatic carbocycles. The monoisotopic (exact) mass is 246 g/mol. The molecule has 98 valence electrons. The lowest BCUT2D eigenvalue weighted by atomic mass is 10.2. The lowest BCUT2D eigenvalue weighted by Gasteiger charge is -2.25. The van der Waals surface area contributed by atoms with Crippen LogP contribution in [0.3, 0.4) is 0 Å². The van der Waals surface area contributed by atoms with Crippen LogP contribution in [0, 0.1) is 0 Å². The number of benzene rings is 1. The summed E-state index contributed by atoms with van der Waals surface area (Å²) in [6, 6.07) is 8.37. The number of hydrogen-bond donors (Lipinski definition) is 2. The molecule has 18 heavy (non-hydrogen) atoms. The molecule has 1 aromatic rings. The van der Waals surface area contributed by atoms with Crippen LogP contribution in [-0.2, 0) is 0 Å². The molecule has 0 aromatic heterocycles. The third kappa shape index (κ3) is 3.32. The van der Waals surface area contributed by atoms with Crippen molar-refractivity contribution < 1.29 is 0 Å². The molecule has 0 spiro atoms. The van der Waals surface area contributed by atoms with Crippen molar-refractivity contribution in [3.63, 3.8) is 0 Å². The fraction of sp³-hybridized carbons (Fsp3) is 0.429. The van der Waals surface area contributed by atoms with Crippen LogP contribution in [0.5, 0.6) is 0 Å². The van der Waals surface area contributed by atoms with Gasteiger partial charge in [-0.1, -0.05) is 6.92 Å². The van der Waals surface area contributed by atoms with Crippen molar-refractivity contribution in [2.75, 3.05) is 31.3 Å². The number of nitrogen functional groups attached to an aromatic ring is 1. The second-order valence-corrected chi connectivity index (χ2v) is 4.84. The van der Waals surface area contributed by atoms with Gasteiger partial charge in [-0.05, 0) is 30.7 Å². The number of hydrogen-bond acceptors (Lipinski definition) is 4. The highest BCUT2D eigenvalue weighted by Gasteiger charge is 2.14. The fourth-order valence-corrected chi connectivity index (χ4v) is 2.08. The first-order valence-electron chi connectivity index (χ1n) is 6.42. The maximum Gasteiger partial charge on any atom is 0.0891 e. The van der Waals surface area contributed by atoms with Crippen LogP contribution < -0.4 is 11.1 Å². The highest BCUT2D eigenvalue weighted by Crippen LogP contribution is 2.14. The smallest absolute Gasteiger partial charge is 0.0891 e. The van der Waals surface area contributed by atoms with Crippen molar-refractivity contribution in [2.45, 2.75) is 19.4 Å². The zero-order valence-corrected chi connectivity index (χ0v) is 11.1. The van der Waals surface area contributed by atoms with E-state index in [1.807, 2.05) is 24.3 Å². The molecule has 1 aliphatic heterocycles. The second-order valence-electron chi connectivity index (χ2n) is 4.84. The molecule has 0 saturated carbocycles. The molecule has 1 aromatic carbocycles. The Bertz CT molecular complexity index is 399. The molecular formula is C14H22N4. The van der Waals surface area contributed by atoms with Crippen LogP contribution in [-0.4, -0.2) is 36.1 Å². The van der Waals surface area contributed by atoms with Gasteiger partial charge in [0.15, 0.2) is 0 Å². The van der Waals surface area contributed by atoms with Gasteiger partial charge in [0.2, 0.25) is 0 Å². The van der Waals surface area contributed by atoms with Gasteiger partial charge in [-0.25, -0.2) is 0 Å². The van der Waals surface area contributed by atoms with Gasteiger partial charge in [-0.2, -0.15) is 0 Å². The highest BCUT2D eigenvalue weighted by molar-refractivity contribution is 5.51. The fourth-order valence-electron chi connectivity index (χ4n) is 2.08. The minimum absolute atomic E-state index is 0.449. The molecule has 4 nitrogen and oxygen atoms in total. The van der Waals surface area contributed by atoms with E-state index in [-0.39, 0.29) is 0 Å². The number of nitrogens with zero attached hydrogens (tertiary/aromatic N) is 2. The zero-order valence-electron chi connectivity index (χ0n) is 11.1. The van der Waals surface area contributed by atoms with E-state index in [2.05, 4.69) is 41.5 Å². The molecule has 0 fully saturated rings. The van der Waals surface area contributed by atoms with Crippen LogP contribution in [0.4, 0.5) is 11.4 Å². The van der Waals surface area contributed by atoms with Crippen LogP contribution in [0.25, 0.3) is 0 Å². The largest absolute Gasteiger partial charge is 0.399 e. The average molecular weight is 246 g/mol. The standard InChI is InChI=1S/C14H22N4/c1-3-13(10-18-9-8-17(2)11-18)16-14-6-4-12(15)5-7-14/h4-9,13,16H,3,10-11,15H2,1-2H3. The predicted molar refractivity (Wildman–Crippen MR) is 77.0 cm³/mol. The van der Waals surface area contributed by atoms with Gasteiger partial charge >= 0.3 is 0 Å². The Morgan fingerprint density at radius 3 is 2.56 bits per heavy atom. The van der Waals surface area contributed by atoms with Gasteiger partial charge in [0.25, 0.3) is 0 Å². The van der Waals surface area contributed by atoms with Crippen molar-refractivity contribution in [1.82, 2.24) is 9.80 Å². The van der Waals surface area contributed by atoms with Crippen LogP contribution >= 0.6 is 0 Å². The molecule has 2 rings (SSSR count). The van der Waals surface area contributed by atoms with Crippen molar-refractivity contribution >= 4 is 11.4 Å². The first-order valence-corrected chi connectivity index (χ1v) is 6.42. The summed E-state index contributed by atoms with van der Waals surface area (Å²) >= 11 is 0. The van der Waals surface area contributed by atoms with E-state index in [1.54, 1.807) is 0 Å².